The van der Waals surface area contributed by atoms with Crippen LogP contribution in [-0.2, 0) is 0 Å². The Bertz CT molecular complexity index is 304. The highest BCUT2D eigenvalue weighted by Gasteiger charge is 2.23. The largest absolute Gasteiger partial charge is 0.395 e. The minimum atomic E-state index is 0.216. The van der Waals surface area contributed by atoms with Crippen LogP contribution in [0.4, 0.5) is 5.69 Å². The summed E-state index contributed by atoms with van der Waals surface area (Å²) < 4.78 is 0. The van der Waals surface area contributed by atoms with Gasteiger partial charge in [0.05, 0.1) is 24.5 Å². The Kier molecular flexibility index (Phi) is 3.18. The summed E-state index contributed by atoms with van der Waals surface area (Å²) in [5.74, 6) is 0. The van der Waals surface area contributed by atoms with Gasteiger partial charge in [0.25, 0.3) is 0 Å². The normalized spacial score (nSPS) is 23.1. The van der Waals surface area contributed by atoms with E-state index in [1.807, 2.05) is 12.3 Å². The molecule has 0 saturated carbocycles. The van der Waals surface area contributed by atoms with Crippen molar-refractivity contribution in [2.45, 2.75) is 6.04 Å². The van der Waals surface area contributed by atoms with E-state index in [0.29, 0.717) is 0 Å². The van der Waals surface area contributed by atoms with Gasteiger partial charge in [-0.3, -0.25) is 9.88 Å². The van der Waals surface area contributed by atoms with Gasteiger partial charge in [-0.15, -0.1) is 0 Å². The standard InChI is InChI=1S/C11H17N3O/c1-13-5-6-14(8-11(13)9-15)10-3-2-4-12-7-10/h2-4,7,11,15H,5-6,8-9H2,1H3. The number of aromatic nitrogens is 1. The monoisotopic (exact) mass is 207 g/mol. The van der Waals surface area contributed by atoms with Crippen LogP contribution >= 0.6 is 0 Å². The summed E-state index contributed by atoms with van der Waals surface area (Å²) in [6, 6.07) is 4.24. The Morgan fingerprint density at radius 3 is 3.07 bits per heavy atom. The lowest BCUT2D eigenvalue weighted by molar-refractivity contribution is 0.135. The van der Waals surface area contributed by atoms with E-state index in [1.54, 1.807) is 6.20 Å². The Morgan fingerprint density at radius 2 is 2.40 bits per heavy atom. The first-order valence-corrected chi connectivity index (χ1v) is 5.27. The molecule has 1 aliphatic rings. The molecule has 1 atom stereocenters. The second kappa shape index (κ2) is 4.59. The number of likely N-dealkylation sites (N-methyl/N-ethyl adjacent to an activating group) is 1. The van der Waals surface area contributed by atoms with Crippen LogP contribution in [0.3, 0.4) is 0 Å². The summed E-state index contributed by atoms with van der Waals surface area (Å²) in [6.45, 7) is 3.07. The first kappa shape index (κ1) is 10.4. The summed E-state index contributed by atoms with van der Waals surface area (Å²) in [7, 11) is 2.06. The van der Waals surface area contributed by atoms with Gasteiger partial charge >= 0.3 is 0 Å². The van der Waals surface area contributed by atoms with Gasteiger partial charge in [-0.05, 0) is 19.2 Å². The summed E-state index contributed by atoms with van der Waals surface area (Å²) in [5.41, 5.74) is 1.14. The maximum Gasteiger partial charge on any atom is 0.0604 e. The van der Waals surface area contributed by atoms with Crippen LogP contribution in [0.2, 0.25) is 0 Å². The SMILES string of the molecule is CN1CCN(c2cccnc2)CC1CO. The molecule has 1 N–H and O–H groups in total. The molecule has 0 spiro atoms. The summed E-state index contributed by atoms with van der Waals surface area (Å²) in [5, 5.41) is 9.24. The number of pyridine rings is 1. The minimum Gasteiger partial charge on any atom is -0.395 e. The molecule has 0 bridgehead atoms. The average molecular weight is 207 g/mol. The van der Waals surface area contributed by atoms with E-state index in [2.05, 4.69) is 27.9 Å². The summed E-state index contributed by atoms with van der Waals surface area (Å²) in [4.78, 5) is 8.58. The van der Waals surface area contributed by atoms with Crippen molar-refractivity contribution in [1.29, 1.82) is 0 Å². The Labute approximate surface area is 90.1 Å². The van der Waals surface area contributed by atoms with Crippen molar-refractivity contribution >= 4 is 5.69 Å². The third kappa shape index (κ3) is 2.27. The lowest BCUT2D eigenvalue weighted by Gasteiger charge is -2.39. The van der Waals surface area contributed by atoms with Crippen LogP contribution in [0.25, 0.3) is 0 Å². The van der Waals surface area contributed by atoms with E-state index in [1.165, 1.54) is 0 Å². The van der Waals surface area contributed by atoms with Gasteiger partial charge in [-0.1, -0.05) is 0 Å². The topological polar surface area (TPSA) is 39.6 Å². The molecule has 0 amide bonds. The zero-order valence-electron chi connectivity index (χ0n) is 9.00. The van der Waals surface area contributed by atoms with Crippen molar-refractivity contribution < 1.29 is 5.11 Å². The van der Waals surface area contributed by atoms with Gasteiger partial charge in [-0.25, -0.2) is 0 Å². The molecule has 1 fully saturated rings. The lowest BCUT2D eigenvalue weighted by atomic mass is 10.2. The molecule has 2 rings (SSSR count). The molecule has 2 heterocycles. The molecule has 1 aliphatic heterocycles. The summed E-state index contributed by atoms with van der Waals surface area (Å²) >= 11 is 0. The number of hydrogen-bond acceptors (Lipinski definition) is 4. The van der Waals surface area contributed by atoms with Crippen LogP contribution in [0.1, 0.15) is 0 Å². The third-order valence-electron chi connectivity index (χ3n) is 3.00. The number of rotatable bonds is 2. The molecular formula is C11H17N3O. The lowest BCUT2D eigenvalue weighted by Crippen LogP contribution is -2.53. The van der Waals surface area contributed by atoms with E-state index in [0.717, 1.165) is 25.3 Å². The fourth-order valence-corrected chi connectivity index (χ4v) is 1.92. The van der Waals surface area contributed by atoms with Gasteiger partial charge in [0.2, 0.25) is 0 Å². The maximum atomic E-state index is 9.24. The van der Waals surface area contributed by atoms with E-state index in [9.17, 15) is 5.11 Å². The highest BCUT2D eigenvalue weighted by Crippen LogP contribution is 2.16. The van der Waals surface area contributed by atoms with Crippen molar-refractivity contribution in [2.75, 3.05) is 38.2 Å². The molecule has 1 saturated heterocycles. The van der Waals surface area contributed by atoms with Gasteiger partial charge < -0.3 is 10.0 Å². The van der Waals surface area contributed by atoms with Crippen LogP contribution in [-0.4, -0.2) is 54.3 Å². The van der Waals surface area contributed by atoms with Crippen LogP contribution in [0.15, 0.2) is 24.5 Å². The first-order valence-electron chi connectivity index (χ1n) is 5.27. The number of aliphatic hydroxyl groups is 1. The predicted molar refractivity (Wildman–Crippen MR) is 60.0 cm³/mol. The Balaban J connectivity index is 2.06. The van der Waals surface area contributed by atoms with Crippen LogP contribution in [0, 0.1) is 0 Å². The highest BCUT2D eigenvalue weighted by atomic mass is 16.3. The van der Waals surface area contributed by atoms with Crippen molar-refractivity contribution in [2.24, 2.45) is 0 Å². The van der Waals surface area contributed by atoms with Gasteiger partial charge in [-0.2, -0.15) is 0 Å². The zero-order chi connectivity index (χ0) is 10.7. The number of piperazine rings is 1. The van der Waals surface area contributed by atoms with E-state index in [-0.39, 0.29) is 12.6 Å². The smallest absolute Gasteiger partial charge is 0.0604 e. The molecule has 4 nitrogen and oxygen atoms in total. The second-order valence-corrected chi connectivity index (χ2v) is 3.97. The first-order chi connectivity index (χ1) is 7.31. The molecule has 0 aromatic carbocycles. The van der Waals surface area contributed by atoms with Crippen LogP contribution < -0.4 is 4.90 Å². The quantitative estimate of drug-likeness (QED) is 0.751. The van der Waals surface area contributed by atoms with Crippen LogP contribution in [0.5, 0.6) is 0 Å². The zero-order valence-corrected chi connectivity index (χ0v) is 9.00. The number of aliphatic hydroxyl groups excluding tert-OH is 1. The second-order valence-electron chi connectivity index (χ2n) is 3.97. The molecule has 4 heteroatoms. The van der Waals surface area contributed by atoms with E-state index >= 15 is 0 Å². The molecule has 82 valence electrons. The molecule has 1 aromatic rings. The van der Waals surface area contributed by atoms with Crippen molar-refractivity contribution in [1.82, 2.24) is 9.88 Å². The van der Waals surface area contributed by atoms with Crippen molar-refractivity contribution in [3.8, 4) is 0 Å². The molecule has 1 aromatic heterocycles. The maximum absolute atomic E-state index is 9.24. The average Bonchev–Trinajstić information content (AvgIpc) is 2.31. The number of hydrogen-bond donors (Lipinski definition) is 1. The number of nitrogens with zero attached hydrogens (tertiary/aromatic N) is 3. The molecular weight excluding hydrogens is 190 g/mol. The third-order valence-corrected chi connectivity index (χ3v) is 3.00. The van der Waals surface area contributed by atoms with E-state index < -0.39 is 0 Å². The van der Waals surface area contributed by atoms with Crippen molar-refractivity contribution in [3.63, 3.8) is 0 Å². The highest BCUT2D eigenvalue weighted by molar-refractivity contribution is 5.44. The van der Waals surface area contributed by atoms with Gasteiger partial charge in [0.15, 0.2) is 0 Å². The summed E-state index contributed by atoms with van der Waals surface area (Å²) in [6.07, 6.45) is 3.66. The van der Waals surface area contributed by atoms with Crippen molar-refractivity contribution in [3.05, 3.63) is 24.5 Å². The predicted octanol–water partition coefficient (Wildman–Crippen LogP) is 0.194. The number of anilines is 1. The fraction of sp³-hybridized carbons (Fsp3) is 0.545. The Morgan fingerprint density at radius 1 is 1.53 bits per heavy atom. The Hall–Kier alpha value is -1.13. The molecule has 15 heavy (non-hydrogen) atoms. The minimum absolute atomic E-state index is 0.216. The fourth-order valence-electron chi connectivity index (χ4n) is 1.92. The van der Waals surface area contributed by atoms with Gasteiger partial charge in [0.1, 0.15) is 0 Å². The molecule has 1 unspecified atom stereocenters. The molecule has 0 radical (unpaired) electrons. The van der Waals surface area contributed by atoms with E-state index in [4.69, 9.17) is 0 Å². The molecule has 0 aliphatic carbocycles. The van der Waals surface area contributed by atoms with Gasteiger partial charge in [0, 0.05) is 25.8 Å².